The van der Waals surface area contributed by atoms with Crippen LogP contribution in [0.25, 0.3) is 27.7 Å². The maximum atomic E-state index is 13.6. The largest absolute Gasteiger partial charge is 0.293 e. The summed E-state index contributed by atoms with van der Waals surface area (Å²) in [4.78, 5) is 20.2. The lowest BCUT2D eigenvalue weighted by atomic mass is 9.75. The average Bonchev–Trinajstić information content (AvgIpc) is 3.31. The lowest BCUT2D eigenvalue weighted by Crippen LogP contribution is -2.37. The Morgan fingerprint density at radius 2 is 2.03 bits per heavy atom. The molecule has 1 aromatic carbocycles. The van der Waals surface area contributed by atoms with Crippen molar-refractivity contribution in [3.63, 3.8) is 0 Å². The van der Waals surface area contributed by atoms with Crippen LogP contribution in [0.4, 0.5) is 5.82 Å². The van der Waals surface area contributed by atoms with E-state index in [1.165, 1.54) is 0 Å². The first kappa shape index (κ1) is 18.1. The number of nitrogens with zero attached hydrogens (tertiary/aromatic N) is 7. The molecule has 2 aliphatic rings. The Labute approximate surface area is 178 Å². The highest BCUT2D eigenvalue weighted by molar-refractivity contribution is 6.04. The van der Waals surface area contributed by atoms with Gasteiger partial charge in [-0.25, -0.2) is 9.50 Å². The molecule has 3 aromatic heterocycles. The Kier molecular flexibility index (Phi) is 3.58. The molecule has 31 heavy (non-hydrogen) atoms. The summed E-state index contributed by atoms with van der Waals surface area (Å²) in [6.45, 7) is 2.49. The van der Waals surface area contributed by atoms with Crippen molar-refractivity contribution in [1.29, 1.82) is 5.26 Å². The van der Waals surface area contributed by atoms with Crippen molar-refractivity contribution in [2.75, 3.05) is 11.4 Å². The third kappa shape index (κ3) is 2.40. The normalized spacial score (nSPS) is 23.7. The summed E-state index contributed by atoms with van der Waals surface area (Å²) in [5.41, 5.74) is 2.46. The molecule has 1 aliphatic heterocycles. The molecule has 2 atom stereocenters. The Morgan fingerprint density at radius 3 is 2.81 bits per heavy atom. The van der Waals surface area contributed by atoms with Crippen LogP contribution in [0.2, 0.25) is 0 Å². The molecule has 0 spiro atoms. The van der Waals surface area contributed by atoms with E-state index < -0.39 is 5.41 Å². The van der Waals surface area contributed by atoms with Gasteiger partial charge >= 0.3 is 0 Å². The number of benzene rings is 1. The number of hydrogen-bond acceptors (Lipinski definition) is 5. The number of rotatable bonds is 3. The number of anilines is 1. The molecule has 1 saturated heterocycles. The van der Waals surface area contributed by atoms with E-state index in [9.17, 15) is 10.1 Å². The molecule has 2 fully saturated rings. The average molecular weight is 411 g/mol. The number of amides is 1. The molecule has 0 unspecified atom stereocenters. The first-order chi connectivity index (χ1) is 15.0. The van der Waals surface area contributed by atoms with E-state index in [1.807, 2.05) is 55.3 Å². The van der Waals surface area contributed by atoms with Crippen molar-refractivity contribution in [1.82, 2.24) is 24.4 Å². The summed E-state index contributed by atoms with van der Waals surface area (Å²) < 4.78 is 3.58. The topological polar surface area (TPSA) is 92.1 Å². The monoisotopic (exact) mass is 411 g/mol. The summed E-state index contributed by atoms with van der Waals surface area (Å²) in [5.74, 6) is 0.549. The molecule has 1 aliphatic carbocycles. The van der Waals surface area contributed by atoms with Crippen LogP contribution in [0.1, 0.15) is 19.8 Å². The van der Waals surface area contributed by atoms with Gasteiger partial charge in [0.15, 0.2) is 5.82 Å². The SMILES string of the molecule is C[C@@H]1CN(c2nc(-c3ccc4cnn(C)c4c3)cn3nccc23)C(=O)[C@]1(C#N)C1CC1. The predicted molar refractivity (Wildman–Crippen MR) is 115 cm³/mol. The zero-order valence-electron chi connectivity index (χ0n) is 17.4. The van der Waals surface area contributed by atoms with Crippen LogP contribution in [0, 0.1) is 28.6 Å². The smallest absolute Gasteiger partial charge is 0.249 e. The summed E-state index contributed by atoms with van der Waals surface area (Å²) in [6.07, 6.45) is 7.30. The van der Waals surface area contributed by atoms with Gasteiger partial charge < -0.3 is 0 Å². The molecule has 4 heterocycles. The van der Waals surface area contributed by atoms with E-state index in [0.717, 1.165) is 40.5 Å². The van der Waals surface area contributed by atoms with Gasteiger partial charge in [-0.2, -0.15) is 15.5 Å². The van der Waals surface area contributed by atoms with Crippen molar-refractivity contribution in [2.24, 2.45) is 24.3 Å². The fourth-order valence-corrected chi connectivity index (χ4v) is 5.03. The second kappa shape index (κ2) is 6.14. The molecule has 8 heteroatoms. The van der Waals surface area contributed by atoms with Gasteiger partial charge in [0, 0.05) is 30.5 Å². The van der Waals surface area contributed by atoms with E-state index in [0.29, 0.717) is 12.4 Å². The summed E-state index contributed by atoms with van der Waals surface area (Å²) in [6, 6.07) is 10.3. The van der Waals surface area contributed by atoms with Gasteiger partial charge in [0.1, 0.15) is 10.9 Å². The van der Waals surface area contributed by atoms with Crippen LogP contribution in [-0.2, 0) is 11.8 Å². The Hall–Kier alpha value is -3.73. The second-order valence-corrected chi connectivity index (χ2v) is 8.72. The highest BCUT2D eigenvalue weighted by Gasteiger charge is 2.61. The van der Waals surface area contributed by atoms with Crippen molar-refractivity contribution >= 4 is 28.1 Å². The van der Waals surface area contributed by atoms with Crippen molar-refractivity contribution in [3.8, 4) is 17.3 Å². The number of nitriles is 1. The van der Waals surface area contributed by atoms with Gasteiger partial charge in [-0.1, -0.05) is 19.1 Å². The number of aryl methyl sites for hydroxylation is 1. The van der Waals surface area contributed by atoms with Crippen molar-refractivity contribution in [3.05, 3.63) is 42.9 Å². The number of hydrogen-bond donors (Lipinski definition) is 0. The van der Waals surface area contributed by atoms with Crippen LogP contribution in [0.3, 0.4) is 0 Å². The molecule has 6 rings (SSSR count). The Bertz CT molecular complexity index is 1410. The fourth-order valence-electron chi connectivity index (χ4n) is 5.03. The number of fused-ring (bicyclic) bond motifs is 2. The minimum Gasteiger partial charge on any atom is -0.293 e. The number of carbonyl (C=O) groups is 1. The third-order valence-electron chi connectivity index (χ3n) is 6.91. The van der Waals surface area contributed by atoms with E-state index >= 15 is 0 Å². The number of aromatic nitrogens is 5. The van der Waals surface area contributed by atoms with Crippen LogP contribution >= 0.6 is 0 Å². The van der Waals surface area contributed by atoms with Crippen LogP contribution in [0.15, 0.2) is 42.9 Å². The van der Waals surface area contributed by atoms with E-state index in [-0.39, 0.29) is 17.7 Å². The summed E-state index contributed by atoms with van der Waals surface area (Å²) in [5, 5.41) is 19.8. The van der Waals surface area contributed by atoms with Crippen molar-refractivity contribution < 1.29 is 4.79 Å². The highest BCUT2D eigenvalue weighted by Crippen LogP contribution is 2.54. The lowest BCUT2D eigenvalue weighted by molar-refractivity contribution is -0.124. The first-order valence-corrected chi connectivity index (χ1v) is 10.5. The lowest BCUT2D eigenvalue weighted by Gasteiger charge is -2.23. The standard InChI is InChI=1S/C23H21N7O/c1-14-11-29(22(31)23(14,13-24)17-5-6-17)21-19-7-8-25-30(19)12-18(27-21)15-3-4-16-10-26-28(2)20(16)9-15/h3-4,7-10,12,14,17H,5-6,11H2,1-2H3/t14-,23+/m1/s1. The maximum Gasteiger partial charge on any atom is 0.249 e. The van der Waals surface area contributed by atoms with E-state index in [4.69, 9.17) is 4.98 Å². The zero-order valence-corrected chi connectivity index (χ0v) is 17.4. The second-order valence-electron chi connectivity index (χ2n) is 8.72. The minimum absolute atomic E-state index is 0.0447. The summed E-state index contributed by atoms with van der Waals surface area (Å²) >= 11 is 0. The molecule has 154 valence electrons. The molecule has 4 aromatic rings. The molecule has 8 nitrogen and oxygen atoms in total. The maximum absolute atomic E-state index is 13.6. The van der Waals surface area contributed by atoms with Gasteiger partial charge in [-0.05, 0) is 30.9 Å². The Morgan fingerprint density at radius 1 is 1.19 bits per heavy atom. The molecule has 0 bridgehead atoms. The van der Waals surface area contributed by atoms with Crippen molar-refractivity contribution in [2.45, 2.75) is 19.8 Å². The fraction of sp³-hybridized carbons (Fsp3) is 0.348. The van der Waals surface area contributed by atoms with Crippen LogP contribution in [-0.4, -0.2) is 36.8 Å². The van der Waals surface area contributed by atoms with Crippen LogP contribution in [0.5, 0.6) is 0 Å². The molecular weight excluding hydrogens is 390 g/mol. The molecule has 0 radical (unpaired) electrons. The first-order valence-electron chi connectivity index (χ1n) is 10.5. The minimum atomic E-state index is -0.942. The van der Waals surface area contributed by atoms with E-state index in [2.05, 4.69) is 16.3 Å². The Balaban J connectivity index is 1.51. The van der Waals surface area contributed by atoms with E-state index in [1.54, 1.807) is 15.6 Å². The molecule has 0 N–H and O–H groups in total. The van der Waals surface area contributed by atoms with Gasteiger partial charge in [0.25, 0.3) is 0 Å². The quantitative estimate of drug-likeness (QED) is 0.516. The molecular formula is C23H21N7O. The van der Waals surface area contributed by atoms with Gasteiger partial charge in [0.2, 0.25) is 5.91 Å². The number of carbonyl (C=O) groups excluding carboxylic acids is 1. The predicted octanol–water partition coefficient (Wildman–Crippen LogP) is 3.19. The highest BCUT2D eigenvalue weighted by atomic mass is 16.2. The summed E-state index contributed by atoms with van der Waals surface area (Å²) in [7, 11) is 1.91. The zero-order chi connectivity index (χ0) is 21.3. The van der Waals surface area contributed by atoms with Crippen LogP contribution < -0.4 is 4.90 Å². The van der Waals surface area contributed by atoms with Gasteiger partial charge in [-0.3, -0.25) is 14.4 Å². The van der Waals surface area contributed by atoms with Gasteiger partial charge in [-0.15, -0.1) is 0 Å². The van der Waals surface area contributed by atoms with Gasteiger partial charge in [0.05, 0.1) is 35.9 Å². The molecule has 1 amide bonds. The molecule has 1 saturated carbocycles. The third-order valence-corrected chi connectivity index (χ3v) is 6.91.